The van der Waals surface area contributed by atoms with Gasteiger partial charge < -0.3 is 60.3 Å². The number of nitrogens with zero attached hydrogens (tertiary/aromatic N) is 1. The van der Waals surface area contributed by atoms with Gasteiger partial charge in [0.2, 0.25) is 11.8 Å². The van der Waals surface area contributed by atoms with Gasteiger partial charge in [0.25, 0.3) is 0 Å². The molecular weight excluding hydrogens is 498 g/mol. The van der Waals surface area contributed by atoms with Crippen LogP contribution >= 0.6 is 0 Å². The third-order valence-electron chi connectivity index (χ3n) is 6.29. The average molecular weight is 539 g/mol. The topological polar surface area (TPSA) is 228 Å². The number of amides is 2. The molecule has 15 heteroatoms. The molecule has 0 spiro atoms. The van der Waals surface area contributed by atoms with Gasteiger partial charge in [0.05, 0.1) is 32.7 Å². The molecule has 0 saturated carbocycles. The van der Waals surface area contributed by atoms with E-state index < -0.39 is 98.4 Å². The molecule has 0 aliphatic carbocycles. The number of carbonyl (C=O) groups excluding carboxylic acids is 3. The fourth-order valence-electron chi connectivity index (χ4n) is 4.49. The van der Waals surface area contributed by atoms with Crippen LogP contribution in [0.4, 0.5) is 0 Å². The molecule has 214 valence electrons. The number of carbonyl (C=O) groups is 3. The van der Waals surface area contributed by atoms with Gasteiger partial charge in [-0.25, -0.2) is 0 Å². The van der Waals surface area contributed by atoms with E-state index in [1.165, 1.54) is 20.8 Å². The first-order chi connectivity index (χ1) is 17.7. The van der Waals surface area contributed by atoms with Crippen LogP contribution in [0.25, 0.3) is 0 Å². The second-order valence-corrected chi connectivity index (χ2v) is 9.24. The Labute approximate surface area is 215 Å². The second-order valence-electron chi connectivity index (χ2n) is 9.24. The standard InChI is InChI=1S/C22H39N3O12/c1-9(6-26)25(21-15(23-11(3)29)19(33)17(31)13(7-27)36-21)5-10(2)35-20-16(24-12(4)30)22(34)37-14(8-28)18(20)32/h6,9-10,13-22,27-28,31-34H,5,7-8H2,1-4H3,(H,23,29)(H,24,30)/t9-,10?,13+,14+,15+,16+,17+,18+,19+,20+,21?,22-/m0/s1/i9D. The van der Waals surface area contributed by atoms with Crippen molar-refractivity contribution in [3.63, 3.8) is 0 Å². The smallest absolute Gasteiger partial charge is 0.217 e. The number of aliphatic hydroxyl groups is 6. The molecule has 2 aliphatic rings. The number of hydrogen-bond donors (Lipinski definition) is 8. The lowest BCUT2D eigenvalue weighted by Gasteiger charge is -2.48. The highest BCUT2D eigenvalue weighted by atomic mass is 16.6. The van der Waals surface area contributed by atoms with E-state index >= 15 is 0 Å². The van der Waals surface area contributed by atoms with Crippen LogP contribution in [0.15, 0.2) is 0 Å². The van der Waals surface area contributed by atoms with Gasteiger partial charge >= 0.3 is 0 Å². The van der Waals surface area contributed by atoms with E-state index in [1.807, 2.05) is 0 Å². The zero-order valence-corrected chi connectivity index (χ0v) is 21.1. The lowest BCUT2D eigenvalue weighted by atomic mass is 9.94. The first kappa shape index (κ1) is 29.8. The van der Waals surface area contributed by atoms with Crippen molar-refractivity contribution in [2.75, 3.05) is 19.8 Å². The Morgan fingerprint density at radius 3 is 2.03 bits per heavy atom. The van der Waals surface area contributed by atoms with E-state index in [0.29, 0.717) is 0 Å². The molecule has 2 aliphatic heterocycles. The highest BCUT2D eigenvalue weighted by Gasteiger charge is 2.49. The highest BCUT2D eigenvalue weighted by Crippen LogP contribution is 2.27. The molecular formula is C22H39N3O12. The van der Waals surface area contributed by atoms with Crippen molar-refractivity contribution in [1.82, 2.24) is 15.5 Å². The summed E-state index contributed by atoms with van der Waals surface area (Å²) in [5, 5.41) is 66.1. The molecule has 0 bridgehead atoms. The van der Waals surface area contributed by atoms with Gasteiger partial charge in [-0.2, -0.15) is 0 Å². The largest absolute Gasteiger partial charge is 0.394 e. The Kier molecular flexibility index (Phi) is 11.1. The number of nitrogens with one attached hydrogen (secondary N) is 2. The molecule has 0 aromatic heterocycles. The summed E-state index contributed by atoms with van der Waals surface area (Å²) >= 11 is 0. The van der Waals surface area contributed by atoms with Crippen LogP contribution in [0.2, 0.25) is 0 Å². The molecule has 8 N–H and O–H groups in total. The summed E-state index contributed by atoms with van der Waals surface area (Å²) in [7, 11) is 0. The van der Waals surface area contributed by atoms with Crippen LogP contribution in [0.3, 0.4) is 0 Å². The summed E-state index contributed by atoms with van der Waals surface area (Å²) in [6.45, 7) is 3.34. The average Bonchev–Trinajstić information content (AvgIpc) is 2.84. The fraction of sp³-hybridized carbons (Fsp3) is 0.864. The Morgan fingerprint density at radius 1 is 0.973 bits per heavy atom. The zero-order valence-electron chi connectivity index (χ0n) is 22.1. The molecule has 2 amide bonds. The molecule has 2 saturated heterocycles. The normalized spacial score (nSPS) is 39.3. The first-order valence-corrected chi connectivity index (χ1v) is 11.9. The summed E-state index contributed by atoms with van der Waals surface area (Å²) in [5.74, 6) is -1.17. The number of aldehydes is 1. The lowest BCUT2D eigenvalue weighted by Crippen LogP contribution is -2.70. The molecule has 15 nitrogen and oxygen atoms in total. The Bertz CT molecular complexity index is 822. The van der Waals surface area contributed by atoms with Gasteiger partial charge in [-0.05, 0) is 13.8 Å². The first-order valence-electron chi connectivity index (χ1n) is 12.4. The number of rotatable bonds is 11. The van der Waals surface area contributed by atoms with Crippen LogP contribution < -0.4 is 10.6 Å². The summed E-state index contributed by atoms with van der Waals surface area (Å²) in [5.41, 5.74) is 0. The van der Waals surface area contributed by atoms with Crippen molar-refractivity contribution in [3.05, 3.63) is 0 Å². The van der Waals surface area contributed by atoms with Crippen LogP contribution in [0.1, 0.15) is 29.1 Å². The zero-order chi connectivity index (χ0) is 28.9. The number of ether oxygens (including phenoxy) is 3. The van der Waals surface area contributed by atoms with E-state index in [-0.39, 0.29) is 12.8 Å². The Balaban J connectivity index is 2.39. The van der Waals surface area contributed by atoms with Crippen LogP contribution in [0.5, 0.6) is 0 Å². The van der Waals surface area contributed by atoms with E-state index in [0.717, 1.165) is 11.8 Å². The minimum absolute atomic E-state index is 0.272. The minimum Gasteiger partial charge on any atom is -0.394 e. The van der Waals surface area contributed by atoms with Gasteiger partial charge in [0.15, 0.2) is 6.29 Å². The molecule has 0 aromatic carbocycles. The van der Waals surface area contributed by atoms with Gasteiger partial charge in [0.1, 0.15) is 55.2 Å². The molecule has 0 radical (unpaired) electrons. The van der Waals surface area contributed by atoms with Crippen molar-refractivity contribution in [3.8, 4) is 0 Å². The van der Waals surface area contributed by atoms with Gasteiger partial charge in [0, 0.05) is 20.4 Å². The van der Waals surface area contributed by atoms with E-state index in [1.54, 1.807) is 0 Å². The van der Waals surface area contributed by atoms with E-state index in [9.17, 15) is 45.0 Å². The van der Waals surface area contributed by atoms with Crippen molar-refractivity contribution in [2.45, 2.75) is 101 Å². The predicted octanol–water partition coefficient (Wildman–Crippen LogP) is -4.83. The van der Waals surface area contributed by atoms with E-state index in [4.69, 9.17) is 15.6 Å². The van der Waals surface area contributed by atoms with Gasteiger partial charge in [-0.3, -0.25) is 14.5 Å². The van der Waals surface area contributed by atoms with Crippen molar-refractivity contribution < 1.29 is 60.6 Å². The minimum atomic E-state index is -2.04. The third kappa shape index (κ3) is 7.63. The summed E-state index contributed by atoms with van der Waals surface area (Å²) in [4.78, 5) is 36.6. The SMILES string of the molecule is [2H][C@](C)(C=O)N(CC(C)O[C@H]1[C@H](O)[C@@H](CO)O[C@H](O)[C@@H]1NC(C)=O)C1O[C@H](CO)[C@@H](O)[C@H](O)[C@H]1NC(C)=O. The quantitative estimate of drug-likeness (QED) is 0.116. The summed E-state index contributed by atoms with van der Waals surface area (Å²) < 4.78 is 25.4. The van der Waals surface area contributed by atoms with Gasteiger partial charge in [-0.1, -0.05) is 0 Å². The predicted molar refractivity (Wildman–Crippen MR) is 124 cm³/mol. The maximum atomic E-state index is 11.9. The molecule has 0 aromatic rings. The third-order valence-corrected chi connectivity index (χ3v) is 6.29. The summed E-state index contributed by atoms with van der Waals surface area (Å²) in [6, 6.07) is -4.62. The second kappa shape index (κ2) is 13.8. The van der Waals surface area contributed by atoms with E-state index in [2.05, 4.69) is 10.6 Å². The number of hydrogen-bond acceptors (Lipinski definition) is 13. The highest BCUT2D eigenvalue weighted by molar-refractivity contribution is 5.73. The Hall–Kier alpha value is -1.79. The molecule has 2 heterocycles. The maximum absolute atomic E-state index is 11.9. The summed E-state index contributed by atoms with van der Waals surface area (Å²) in [6.07, 6.45) is -12.4. The van der Waals surface area contributed by atoms with Crippen LogP contribution in [-0.2, 0) is 28.6 Å². The van der Waals surface area contributed by atoms with Crippen LogP contribution in [-0.4, -0.2) is 147 Å². The van der Waals surface area contributed by atoms with Crippen molar-refractivity contribution >= 4 is 18.1 Å². The Morgan fingerprint density at radius 2 is 1.51 bits per heavy atom. The monoisotopic (exact) mass is 538 g/mol. The molecule has 2 unspecified atom stereocenters. The molecule has 37 heavy (non-hydrogen) atoms. The lowest BCUT2D eigenvalue weighted by molar-refractivity contribution is -0.271. The molecule has 2 fully saturated rings. The maximum Gasteiger partial charge on any atom is 0.217 e. The molecule has 12 atom stereocenters. The van der Waals surface area contributed by atoms with Crippen LogP contribution in [0, 0.1) is 0 Å². The van der Waals surface area contributed by atoms with Crippen molar-refractivity contribution in [1.29, 1.82) is 0 Å². The van der Waals surface area contributed by atoms with Crippen molar-refractivity contribution in [2.24, 2.45) is 0 Å². The number of aliphatic hydroxyl groups excluding tert-OH is 6. The van der Waals surface area contributed by atoms with Gasteiger partial charge in [-0.15, -0.1) is 0 Å². The fourth-order valence-corrected chi connectivity index (χ4v) is 4.49. The molecule has 2 rings (SSSR count).